The number of hydrogen-bond acceptors (Lipinski definition) is 10. The number of rotatable bonds is 10. The molecule has 4 aromatic rings. The first-order valence-corrected chi connectivity index (χ1v) is 16.6. The monoisotopic (exact) mass is 668 g/mol. The van der Waals surface area contributed by atoms with E-state index in [0.29, 0.717) is 40.9 Å². The third-order valence-electron chi connectivity index (χ3n) is 10.2. The van der Waals surface area contributed by atoms with Crippen LogP contribution >= 0.6 is 0 Å². The molecule has 0 unspecified atom stereocenters. The fraction of sp³-hybridized carbons (Fsp3) is 0.385. The highest BCUT2D eigenvalue weighted by Gasteiger charge is 2.34. The third-order valence-corrected chi connectivity index (χ3v) is 10.2. The summed E-state index contributed by atoms with van der Waals surface area (Å²) in [6.07, 6.45) is 3.17. The minimum absolute atomic E-state index is 0.0261. The normalized spacial score (nSPS) is 18.4. The van der Waals surface area contributed by atoms with Gasteiger partial charge in [-0.1, -0.05) is 18.2 Å². The average molecular weight is 669 g/mol. The summed E-state index contributed by atoms with van der Waals surface area (Å²) in [6, 6.07) is 18.6. The number of hydrogen-bond donors (Lipinski definition) is 1. The molecule has 0 aliphatic carbocycles. The molecule has 1 N–H and O–H groups in total. The number of phenolic OH excluding ortho intramolecular Hbond substituents is 1. The highest BCUT2D eigenvalue weighted by Crippen LogP contribution is 2.50. The van der Waals surface area contributed by atoms with Crippen LogP contribution in [0.2, 0.25) is 0 Å². The van der Waals surface area contributed by atoms with Crippen LogP contribution in [0.4, 0.5) is 0 Å². The van der Waals surface area contributed by atoms with E-state index in [1.165, 1.54) is 16.7 Å². The zero-order valence-corrected chi connectivity index (χ0v) is 29.0. The van der Waals surface area contributed by atoms with Crippen molar-refractivity contribution in [3.8, 4) is 51.7 Å². The van der Waals surface area contributed by atoms with E-state index in [9.17, 15) is 5.11 Å². The number of phenols is 1. The van der Waals surface area contributed by atoms with Crippen LogP contribution in [0, 0.1) is 0 Å². The van der Waals surface area contributed by atoms with Crippen molar-refractivity contribution in [2.45, 2.75) is 37.8 Å². The van der Waals surface area contributed by atoms with Gasteiger partial charge >= 0.3 is 0 Å². The number of ether oxygens (including phenoxy) is 7. The minimum atomic E-state index is 0.0261. The van der Waals surface area contributed by atoms with Gasteiger partial charge in [-0.05, 0) is 98.4 Å². The van der Waals surface area contributed by atoms with Gasteiger partial charge in [0.05, 0.1) is 28.4 Å². The SMILES string of the molecule is COc1ccc(C[C@H]2c3cc(OC)c(OC)c(O)c3CCN2C)cc1Oc1ccc(C[C@H]2c3cc(OC)c4c(c3CCN2C)OCO4)cc1. The third kappa shape index (κ3) is 6.04. The van der Waals surface area contributed by atoms with Crippen LogP contribution in [0.1, 0.15) is 45.5 Å². The van der Waals surface area contributed by atoms with E-state index in [1.807, 2.05) is 30.3 Å². The van der Waals surface area contributed by atoms with Gasteiger partial charge in [0.1, 0.15) is 5.75 Å². The largest absolute Gasteiger partial charge is 0.504 e. The van der Waals surface area contributed by atoms with E-state index < -0.39 is 0 Å². The molecule has 2 atom stereocenters. The van der Waals surface area contributed by atoms with Crippen LogP contribution in [0.15, 0.2) is 54.6 Å². The van der Waals surface area contributed by atoms with Crippen molar-refractivity contribution in [1.82, 2.24) is 9.80 Å². The van der Waals surface area contributed by atoms with Gasteiger partial charge in [0, 0.05) is 36.3 Å². The molecular weight excluding hydrogens is 624 g/mol. The lowest BCUT2D eigenvalue weighted by Crippen LogP contribution is -2.33. The zero-order chi connectivity index (χ0) is 34.2. The summed E-state index contributed by atoms with van der Waals surface area (Å²) in [4.78, 5) is 4.70. The molecule has 0 spiro atoms. The van der Waals surface area contributed by atoms with Crippen LogP contribution in [-0.2, 0) is 25.7 Å². The molecule has 7 rings (SSSR count). The van der Waals surface area contributed by atoms with Crippen molar-refractivity contribution in [3.63, 3.8) is 0 Å². The molecule has 258 valence electrons. The molecule has 3 heterocycles. The molecule has 3 aliphatic heterocycles. The maximum atomic E-state index is 11.0. The van der Waals surface area contributed by atoms with Gasteiger partial charge in [0.15, 0.2) is 34.5 Å². The standard InChI is InChI=1S/C39H44N2O8/c1-40-15-13-26-28(20-34(44-4)38(46-6)36(26)42)31(40)18-24-9-12-32(43-3)33(19-24)49-25-10-7-23(8-11-25)17-30-29-21-35(45-5)39-37(47-22-48-39)27(29)14-16-41(30)2/h7-12,19-21,30-31,42H,13-18,22H2,1-6H3/t30-,31-/m0/s1. The first-order chi connectivity index (χ1) is 23.8. The summed E-state index contributed by atoms with van der Waals surface area (Å²) < 4.78 is 40.5. The molecule has 3 aliphatic rings. The highest BCUT2D eigenvalue weighted by atomic mass is 16.7. The fourth-order valence-electron chi connectivity index (χ4n) is 7.50. The Morgan fingerprint density at radius 2 is 1.24 bits per heavy atom. The lowest BCUT2D eigenvalue weighted by molar-refractivity contribution is 0.169. The van der Waals surface area contributed by atoms with Crippen molar-refractivity contribution in [2.75, 3.05) is 62.4 Å². The molecule has 0 saturated carbocycles. The van der Waals surface area contributed by atoms with Crippen LogP contribution in [0.25, 0.3) is 0 Å². The molecular formula is C39H44N2O8. The van der Waals surface area contributed by atoms with E-state index >= 15 is 0 Å². The van der Waals surface area contributed by atoms with Gasteiger partial charge in [-0.15, -0.1) is 0 Å². The van der Waals surface area contributed by atoms with Crippen molar-refractivity contribution in [2.24, 2.45) is 0 Å². The van der Waals surface area contributed by atoms with E-state index in [-0.39, 0.29) is 24.6 Å². The van der Waals surface area contributed by atoms with Gasteiger partial charge in [-0.3, -0.25) is 9.80 Å². The Labute approximate surface area is 287 Å². The number of benzene rings is 4. The second kappa shape index (κ2) is 13.6. The second-order valence-corrected chi connectivity index (χ2v) is 12.9. The lowest BCUT2D eigenvalue weighted by Gasteiger charge is -2.36. The quantitative estimate of drug-likeness (QED) is 0.202. The molecule has 10 nitrogen and oxygen atoms in total. The maximum Gasteiger partial charge on any atom is 0.231 e. The first kappa shape index (κ1) is 32.7. The van der Waals surface area contributed by atoms with Crippen molar-refractivity contribution < 1.29 is 38.3 Å². The Kier molecular flexibility index (Phi) is 9.09. The van der Waals surface area contributed by atoms with Crippen molar-refractivity contribution in [3.05, 3.63) is 88.0 Å². The Balaban J connectivity index is 1.11. The predicted molar refractivity (Wildman–Crippen MR) is 185 cm³/mol. The van der Waals surface area contributed by atoms with Crippen LogP contribution in [0.3, 0.4) is 0 Å². The summed E-state index contributed by atoms with van der Waals surface area (Å²) in [5.74, 6) is 5.32. The molecule has 0 radical (unpaired) electrons. The molecule has 0 aromatic heterocycles. The number of likely N-dealkylation sites (N-methyl/N-ethyl adjacent to an activating group) is 2. The van der Waals surface area contributed by atoms with Gasteiger partial charge in [-0.2, -0.15) is 0 Å². The first-order valence-electron chi connectivity index (χ1n) is 16.6. The smallest absolute Gasteiger partial charge is 0.231 e. The van der Waals surface area contributed by atoms with E-state index in [2.05, 4.69) is 48.2 Å². The number of aromatic hydroxyl groups is 1. The Morgan fingerprint density at radius 1 is 0.653 bits per heavy atom. The van der Waals surface area contributed by atoms with Gasteiger partial charge in [-0.25, -0.2) is 0 Å². The van der Waals surface area contributed by atoms with E-state index in [4.69, 9.17) is 33.2 Å². The van der Waals surface area contributed by atoms with Gasteiger partial charge in [0.25, 0.3) is 0 Å². The number of nitrogens with zero attached hydrogens (tertiary/aromatic N) is 2. The summed E-state index contributed by atoms with van der Waals surface area (Å²) in [5.41, 5.74) is 6.65. The number of methoxy groups -OCH3 is 4. The van der Waals surface area contributed by atoms with Crippen molar-refractivity contribution in [1.29, 1.82) is 0 Å². The van der Waals surface area contributed by atoms with Crippen LogP contribution in [-0.4, -0.2) is 77.3 Å². The van der Waals surface area contributed by atoms with Crippen molar-refractivity contribution >= 4 is 0 Å². The summed E-state index contributed by atoms with van der Waals surface area (Å²) in [5, 5.41) is 11.0. The average Bonchev–Trinajstić information content (AvgIpc) is 3.61. The van der Waals surface area contributed by atoms with E-state index in [1.54, 1.807) is 28.4 Å². The van der Waals surface area contributed by atoms with Gasteiger partial charge in [0.2, 0.25) is 18.3 Å². The molecule has 4 aromatic carbocycles. The molecule has 0 bridgehead atoms. The number of fused-ring (bicyclic) bond motifs is 4. The Morgan fingerprint density at radius 3 is 1.92 bits per heavy atom. The molecule has 49 heavy (non-hydrogen) atoms. The van der Waals surface area contributed by atoms with Crippen LogP contribution in [0.5, 0.6) is 51.7 Å². The summed E-state index contributed by atoms with van der Waals surface area (Å²) in [7, 11) is 10.7. The van der Waals surface area contributed by atoms with E-state index in [0.717, 1.165) is 60.5 Å². The maximum absolute atomic E-state index is 11.0. The summed E-state index contributed by atoms with van der Waals surface area (Å²) >= 11 is 0. The Bertz CT molecular complexity index is 1840. The fourth-order valence-corrected chi connectivity index (χ4v) is 7.50. The topological polar surface area (TPSA) is 91.3 Å². The molecule has 10 heteroatoms. The predicted octanol–water partition coefficient (Wildman–Crippen LogP) is 6.49. The molecule has 0 amide bonds. The molecule has 0 fully saturated rings. The van der Waals surface area contributed by atoms with Crippen LogP contribution < -0.4 is 33.2 Å². The Hall–Kier alpha value is -4.80. The minimum Gasteiger partial charge on any atom is -0.504 e. The second-order valence-electron chi connectivity index (χ2n) is 12.9. The summed E-state index contributed by atoms with van der Waals surface area (Å²) in [6.45, 7) is 1.97. The zero-order valence-electron chi connectivity index (χ0n) is 29.0. The van der Waals surface area contributed by atoms with Gasteiger partial charge < -0.3 is 38.3 Å². The highest BCUT2D eigenvalue weighted by molar-refractivity contribution is 5.62. The molecule has 0 saturated heterocycles. The lowest BCUT2D eigenvalue weighted by atomic mass is 9.87.